The first-order valence-electron chi connectivity index (χ1n) is 5.00. The van der Waals surface area contributed by atoms with Crippen LogP contribution in [0.3, 0.4) is 0 Å². The first kappa shape index (κ1) is 15.9. The Morgan fingerprint density at radius 1 is 1.22 bits per heavy atom. The second kappa shape index (κ2) is 6.85. The zero-order valence-electron chi connectivity index (χ0n) is 9.65. The molecule has 2 N–H and O–H groups in total. The molecule has 0 atom stereocenters. The Labute approximate surface area is 123 Å². The van der Waals surface area contributed by atoms with Crippen molar-refractivity contribution in [3.8, 4) is 5.75 Å². The second-order valence-electron chi connectivity index (χ2n) is 3.46. The van der Waals surface area contributed by atoms with Gasteiger partial charge in [-0.15, -0.1) is 0 Å². The van der Waals surface area contributed by atoms with Gasteiger partial charge in [0.05, 0.1) is 20.4 Å². The van der Waals surface area contributed by atoms with Gasteiger partial charge in [-0.1, -0.05) is 0 Å². The fourth-order valence-electron chi connectivity index (χ4n) is 1.22. The molecule has 0 radical (unpaired) electrons. The van der Waals surface area contributed by atoms with Crippen molar-refractivity contribution in [1.29, 1.82) is 0 Å². The summed E-state index contributed by atoms with van der Waals surface area (Å²) in [5.41, 5.74) is 0. The molecule has 102 valence electrons. The summed E-state index contributed by atoms with van der Waals surface area (Å²) in [6, 6.07) is 2.82. The Kier molecular flexibility index (Phi) is 6.06. The van der Waals surface area contributed by atoms with E-state index in [4.69, 9.17) is 14.6 Å². The number of benzene rings is 1. The third kappa shape index (κ3) is 4.51. The minimum Gasteiger partial charge on any atom is -0.491 e. The van der Waals surface area contributed by atoms with Crippen molar-refractivity contribution in [3.05, 3.63) is 21.1 Å². The molecule has 0 aromatic heterocycles. The molecule has 1 aromatic carbocycles. The summed E-state index contributed by atoms with van der Waals surface area (Å²) in [5.74, 6) is 0.540. The van der Waals surface area contributed by atoms with Crippen LogP contribution in [-0.4, -0.2) is 28.7 Å². The lowest BCUT2D eigenvalue weighted by Crippen LogP contribution is -2.12. The lowest BCUT2D eigenvalue weighted by Gasteiger charge is -2.11. The van der Waals surface area contributed by atoms with Gasteiger partial charge in [0, 0.05) is 20.1 Å². The molecule has 0 spiro atoms. The largest absolute Gasteiger partial charge is 0.491 e. The van der Waals surface area contributed by atoms with Crippen LogP contribution in [0.1, 0.15) is 6.42 Å². The predicted molar refractivity (Wildman–Crippen MR) is 75.2 cm³/mol. The fraction of sp³-hybridized carbons (Fsp3) is 0.400. The number of hydrogen-bond donors (Lipinski definition) is 1. The number of ether oxygens (including phenoxy) is 2. The summed E-state index contributed by atoms with van der Waals surface area (Å²) in [6.07, 6.45) is 0.742. The van der Waals surface area contributed by atoms with Gasteiger partial charge in [0.15, 0.2) is 0 Å². The molecule has 8 heteroatoms. The molecule has 1 rings (SSSR count). The quantitative estimate of drug-likeness (QED) is 0.740. The second-order valence-corrected chi connectivity index (χ2v) is 6.73. The van der Waals surface area contributed by atoms with Gasteiger partial charge in [-0.05, 0) is 44.0 Å². The molecule has 0 fully saturated rings. The minimum atomic E-state index is -3.73. The number of hydrogen-bond acceptors (Lipinski definition) is 4. The van der Waals surface area contributed by atoms with E-state index in [1.165, 1.54) is 12.1 Å². The topological polar surface area (TPSA) is 78.6 Å². The van der Waals surface area contributed by atoms with E-state index in [2.05, 4.69) is 31.9 Å². The van der Waals surface area contributed by atoms with Gasteiger partial charge in [-0.25, -0.2) is 13.6 Å². The van der Waals surface area contributed by atoms with Gasteiger partial charge >= 0.3 is 0 Å². The summed E-state index contributed by atoms with van der Waals surface area (Å²) in [6.45, 7) is 1.07. The Bertz CT molecular complexity index is 496. The maximum absolute atomic E-state index is 11.2. The van der Waals surface area contributed by atoms with Gasteiger partial charge in [-0.3, -0.25) is 0 Å². The molecule has 0 unspecified atom stereocenters. The van der Waals surface area contributed by atoms with E-state index in [1.807, 2.05) is 0 Å². The van der Waals surface area contributed by atoms with Crippen LogP contribution in [0.4, 0.5) is 0 Å². The van der Waals surface area contributed by atoms with E-state index >= 15 is 0 Å². The standard InChI is InChI=1S/C10H13Br2NO4S/c1-16-3-2-4-17-10-8(11)5-7(6-9(10)12)18(13,14)15/h5-6H,2-4H2,1H3,(H2,13,14,15). The molecule has 0 aliphatic heterocycles. The van der Waals surface area contributed by atoms with Crippen LogP contribution in [0.25, 0.3) is 0 Å². The molecule has 5 nitrogen and oxygen atoms in total. The Balaban J connectivity index is 2.88. The average Bonchev–Trinajstić information content (AvgIpc) is 2.25. The molecule has 0 amide bonds. The van der Waals surface area contributed by atoms with E-state index in [0.717, 1.165) is 6.42 Å². The highest BCUT2D eigenvalue weighted by molar-refractivity contribution is 9.11. The molecule has 0 aliphatic rings. The maximum atomic E-state index is 11.2. The van der Waals surface area contributed by atoms with E-state index in [9.17, 15) is 8.42 Å². The number of methoxy groups -OCH3 is 1. The van der Waals surface area contributed by atoms with Crippen LogP contribution < -0.4 is 9.88 Å². The van der Waals surface area contributed by atoms with Gasteiger partial charge in [0.2, 0.25) is 10.0 Å². The molecular formula is C10H13Br2NO4S. The third-order valence-corrected chi connectivity index (χ3v) is 4.11. The summed E-state index contributed by atoms with van der Waals surface area (Å²) in [4.78, 5) is 0.0190. The minimum absolute atomic E-state index is 0.0190. The van der Waals surface area contributed by atoms with Crippen molar-refractivity contribution in [2.75, 3.05) is 20.3 Å². The smallest absolute Gasteiger partial charge is 0.238 e. The maximum Gasteiger partial charge on any atom is 0.238 e. The van der Waals surface area contributed by atoms with Crippen molar-refractivity contribution in [1.82, 2.24) is 0 Å². The number of sulfonamides is 1. The van der Waals surface area contributed by atoms with E-state index in [1.54, 1.807) is 7.11 Å². The molecule has 18 heavy (non-hydrogen) atoms. The van der Waals surface area contributed by atoms with Crippen LogP contribution in [0, 0.1) is 0 Å². The van der Waals surface area contributed by atoms with Crippen LogP contribution in [0.2, 0.25) is 0 Å². The Morgan fingerprint density at radius 3 is 2.22 bits per heavy atom. The monoisotopic (exact) mass is 401 g/mol. The fourth-order valence-corrected chi connectivity index (χ4v) is 3.50. The first-order valence-corrected chi connectivity index (χ1v) is 8.13. The molecule has 0 saturated carbocycles. The molecule has 0 bridgehead atoms. The molecule has 1 aromatic rings. The van der Waals surface area contributed by atoms with Gasteiger partial charge < -0.3 is 9.47 Å². The Morgan fingerprint density at radius 2 is 1.78 bits per heavy atom. The van der Waals surface area contributed by atoms with Crippen LogP contribution in [0.5, 0.6) is 5.75 Å². The van der Waals surface area contributed by atoms with Gasteiger partial charge in [0.25, 0.3) is 0 Å². The SMILES string of the molecule is COCCCOc1c(Br)cc(S(N)(=O)=O)cc1Br. The van der Waals surface area contributed by atoms with Crippen LogP contribution in [0.15, 0.2) is 26.0 Å². The van der Waals surface area contributed by atoms with E-state index in [-0.39, 0.29) is 4.90 Å². The third-order valence-electron chi connectivity index (χ3n) is 2.04. The molecule has 0 aliphatic carbocycles. The zero-order valence-corrected chi connectivity index (χ0v) is 13.6. The van der Waals surface area contributed by atoms with Crippen molar-refractivity contribution in [3.63, 3.8) is 0 Å². The lowest BCUT2D eigenvalue weighted by molar-refractivity contribution is 0.171. The summed E-state index contributed by atoms with van der Waals surface area (Å²) >= 11 is 6.51. The number of halogens is 2. The van der Waals surface area contributed by atoms with Crippen molar-refractivity contribution in [2.24, 2.45) is 5.14 Å². The summed E-state index contributed by atoms with van der Waals surface area (Å²) in [7, 11) is -2.11. The average molecular weight is 403 g/mol. The Hall–Kier alpha value is -0.150. The number of nitrogens with two attached hydrogens (primary N) is 1. The zero-order chi connectivity index (χ0) is 13.8. The number of primary sulfonamides is 1. The van der Waals surface area contributed by atoms with Gasteiger partial charge in [0.1, 0.15) is 5.75 Å². The summed E-state index contributed by atoms with van der Waals surface area (Å²) in [5, 5.41) is 5.06. The molecule has 0 saturated heterocycles. The molecule has 0 heterocycles. The summed E-state index contributed by atoms with van der Waals surface area (Å²) < 4.78 is 33.9. The highest BCUT2D eigenvalue weighted by Crippen LogP contribution is 2.35. The first-order chi connectivity index (χ1) is 8.36. The highest BCUT2D eigenvalue weighted by Gasteiger charge is 2.15. The van der Waals surface area contributed by atoms with Crippen LogP contribution >= 0.6 is 31.9 Å². The van der Waals surface area contributed by atoms with Crippen molar-refractivity contribution in [2.45, 2.75) is 11.3 Å². The van der Waals surface area contributed by atoms with E-state index in [0.29, 0.717) is 27.9 Å². The number of rotatable bonds is 6. The van der Waals surface area contributed by atoms with Crippen LogP contribution in [-0.2, 0) is 14.8 Å². The van der Waals surface area contributed by atoms with Gasteiger partial charge in [-0.2, -0.15) is 0 Å². The van der Waals surface area contributed by atoms with E-state index < -0.39 is 10.0 Å². The highest BCUT2D eigenvalue weighted by atomic mass is 79.9. The molecular weight excluding hydrogens is 390 g/mol. The predicted octanol–water partition coefficient (Wildman–Crippen LogP) is 2.27. The normalized spacial score (nSPS) is 11.6. The van der Waals surface area contributed by atoms with Crippen molar-refractivity contribution < 1.29 is 17.9 Å². The van der Waals surface area contributed by atoms with Crippen molar-refractivity contribution >= 4 is 41.9 Å². The lowest BCUT2D eigenvalue weighted by atomic mass is 10.3.